The molecule has 0 radical (unpaired) electrons. The molecule has 0 heterocycles. The molecule has 0 unspecified atom stereocenters. The second-order valence-electron chi connectivity index (χ2n) is 4.66. The van der Waals surface area contributed by atoms with Crippen LogP contribution in [0.15, 0.2) is 0 Å². The normalized spacial score (nSPS) is 20.2. The molecule has 0 aliphatic carbocycles. The third kappa shape index (κ3) is 2.61. The predicted octanol–water partition coefficient (Wildman–Crippen LogP) is 1.78. The monoisotopic (exact) mass is 242 g/mol. The molecule has 0 amide bonds. The van der Waals surface area contributed by atoms with E-state index in [1.54, 1.807) is 20.8 Å². The Hall–Kier alpha value is 0.200. The molecule has 86 valence electrons. The van der Waals surface area contributed by atoms with Gasteiger partial charge in [-0.2, -0.15) is 0 Å². The van der Waals surface area contributed by atoms with Crippen LogP contribution in [0.25, 0.3) is 0 Å². The maximum Gasteiger partial charge on any atom is 0.171 e. The zero-order valence-corrected chi connectivity index (χ0v) is 10.9. The van der Waals surface area contributed by atoms with E-state index in [-0.39, 0.29) is 5.75 Å². The average Bonchev–Trinajstić information content (AvgIpc) is 2.01. The Kier molecular flexibility index (Phi) is 4.04. The molecule has 0 saturated heterocycles. The summed E-state index contributed by atoms with van der Waals surface area (Å²) in [5.41, 5.74) is -0.557. The standard InChI is InChI=1S/C9H19ClO3S/c1-6-14(12,13)9(5,10)7(11)8(2,3)4/h7,11H,6H2,1-5H3/t7-,9+/m0/s1. The largest absolute Gasteiger partial charge is 0.390 e. The molecular formula is C9H19ClO3S. The molecule has 0 aliphatic rings. The number of rotatable bonds is 3. The molecule has 0 fully saturated rings. The average molecular weight is 243 g/mol. The summed E-state index contributed by atoms with van der Waals surface area (Å²) in [6.07, 6.45) is -1.10. The number of aliphatic hydroxyl groups is 1. The summed E-state index contributed by atoms with van der Waals surface area (Å²) in [6.45, 7) is 8.13. The first kappa shape index (κ1) is 14.2. The topological polar surface area (TPSA) is 54.4 Å². The van der Waals surface area contributed by atoms with Gasteiger partial charge in [0.2, 0.25) is 0 Å². The van der Waals surface area contributed by atoms with Crippen LogP contribution in [-0.4, -0.2) is 29.6 Å². The van der Waals surface area contributed by atoms with Gasteiger partial charge in [0, 0.05) is 5.75 Å². The first-order chi connectivity index (χ1) is 5.97. The molecule has 1 N–H and O–H groups in total. The number of alkyl halides is 1. The van der Waals surface area contributed by atoms with Crippen LogP contribution in [-0.2, 0) is 9.84 Å². The molecule has 0 aromatic heterocycles. The zero-order valence-electron chi connectivity index (χ0n) is 9.33. The predicted molar refractivity (Wildman–Crippen MR) is 59.2 cm³/mol. The quantitative estimate of drug-likeness (QED) is 0.768. The smallest absolute Gasteiger partial charge is 0.171 e. The minimum Gasteiger partial charge on any atom is -0.390 e. The molecule has 0 rings (SSSR count). The van der Waals surface area contributed by atoms with E-state index in [0.717, 1.165) is 0 Å². The third-order valence-corrected chi connectivity index (χ3v) is 5.41. The number of sulfone groups is 1. The Morgan fingerprint density at radius 1 is 1.29 bits per heavy atom. The van der Waals surface area contributed by atoms with Crippen LogP contribution in [0.1, 0.15) is 34.6 Å². The van der Waals surface area contributed by atoms with Gasteiger partial charge in [-0.15, -0.1) is 0 Å². The van der Waals surface area contributed by atoms with Crippen molar-refractivity contribution >= 4 is 21.4 Å². The zero-order chi connectivity index (χ0) is 11.8. The van der Waals surface area contributed by atoms with E-state index >= 15 is 0 Å². The van der Waals surface area contributed by atoms with Gasteiger partial charge in [0.05, 0.1) is 6.10 Å². The van der Waals surface area contributed by atoms with Gasteiger partial charge in [0.25, 0.3) is 0 Å². The van der Waals surface area contributed by atoms with E-state index in [4.69, 9.17) is 11.6 Å². The lowest BCUT2D eigenvalue weighted by Crippen LogP contribution is -2.49. The Bertz CT molecular complexity index is 288. The number of hydrogen-bond donors (Lipinski definition) is 1. The van der Waals surface area contributed by atoms with Crippen molar-refractivity contribution in [3.63, 3.8) is 0 Å². The van der Waals surface area contributed by atoms with Crippen LogP contribution in [0.2, 0.25) is 0 Å². The maximum atomic E-state index is 11.6. The Balaban J connectivity index is 5.18. The third-order valence-electron chi connectivity index (χ3n) is 2.30. The highest BCUT2D eigenvalue weighted by atomic mass is 35.5. The van der Waals surface area contributed by atoms with E-state index < -0.39 is 25.6 Å². The number of hydrogen-bond acceptors (Lipinski definition) is 3. The van der Waals surface area contributed by atoms with Crippen LogP contribution in [0.5, 0.6) is 0 Å². The summed E-state index contributed by atoms with van der Waals surface area (Å²) in [6, 6.07) is 0. The van der Waals surface area contributed by atoms with Crippen molar-refractivity contribution in [3.05, 3.63) is 0 Å². The van der Waals surface area contributed by atoms with E-state index in [1.165, 1.54) is 13.8 Å². The highest BCUT2D eigenvalue weighted by Gasteiger charge is 2.47. The van der Waals surface area contributed by atoms with Gasteiger partial charge in [-0.3, -0.25) is 0 Å². The Morgan fingerprint density at radius 3 is 1.86 bits per heavy atom. The summed E-state index contributed by atoms with van der Waals surface area (Å²) < 4.78 is 21.6. The number of halogens is 1. The van der Waals surface area contributed by atoms with Crippen LogP contribution in [0, 0.1) is 5.41 Å². The molecule has 3 nitrogen and oxygen atoms in total. The second-order valence-corrected chi connectivity index (χ2v) is 8.32. The molecule has 14 heavy (non-hydrogen) atoms. The lowest BCUT2D eigenvalue weighted by molar-refractivity contribution is 0.0522. The summed E-state index contributed by atoms with van der Waals surface area (Å²) >= 11 is 5.93. The summed E-state index contributed by atoms with van der Waals surface area (Å²) in [5, 5.41) is 9.87. The van der Waals surface area contributed by atoms with Crippen LogP contribution in [0.4, 0.5) is 0 Å². The lowest BCUT2D eigenvalue weighted by atomic mass is 9.87. The summed E-state index contributed by atoms with van der Waals surface area (Å²) in [5.74, 6) is -0.0693. The molecule has 0 spiro atoms. The van der Waals surface area contributed by atoms with Crippen molar-refractivity contribution in [3.8, 4) is 0 Å². The fourth-order valence-electron chi connectivity index (χ4n) is 1.23. The van der Waals surface area contributed by atoms with Gasteiger partial charge in [0.1, 0.15) is 0 Å². The van der Waals surface area contributed by atoms with Gasteiger partial charge < -0.3 is 5.11 Å². The Labute approximate surface area is 91.4 Å². The molecule has 0 bridgehead atoms. The van der Waals surface area contributed by atoms with Gasteiger partial charge in [-0.25, -0.2) is 8.42 Å². The Morgan fingerprint density at radius 2 is 1.64 bits per heavy atom. The fourth-order valence-corrected chi connectivity index (χ4v) is 3.14. The van der Waals surface area contributed by atoms with Crippen molar-refractivity contribution in [2.24, 2.45) is 5.41 Å². The van der Waals surface area contributed by atoms with Crippen molar-refractivity contribution in [2.75, 3.05) is 5.75 Å². The molecule has 0 aromatic carbocycles. The molecule has 2 atom stereocenters. The molecule has 0 saturated carbocycles. The minimum atomic E-state index is -3.46. The van der Waals surface area contributed by atoms with E-state index in [9.17, 15) is 13.5 Å². The first-order valence-electron chi connectivity index (χ1n) is 4.56. The van der Waals surface area contributed by atoms with Crippen molar-refractivity contribution in [1.29, 1.82) is 0 Å². The van der Waals surface area contributed by atoms with Crippen molar-refractivity contribution in [1.82, 2.24) is 0 Å². The van der Waals surface area contributed by atoms with Gasteiger partial charge >= 0.3 is 0 Å². The van der Waals surface area contributed by atoms with E-state index in [1.807, 2.05) is 0 Å². The minimum absolute atomic E-state index is 0.0693. The highest BCUT2D eigenvalue weighted by Crippen LogP contribution is 2.36. The van der Waals surface area contributed by atoms with Gasteiger partial charge in [0.15, 0.2) is 14.0 Å². The van der Waals surface area contributed by atoms with Crippen LogP contribution in [0.3, 0.4) is 0 Å². The maximum absolute atomic E-state index is 11.6. The van der Waals surface area contributed by atoms with Crippen LogP contribution >= 0.6 is 11.6 Å². The van der Waals surface area contributed by atoms with E-state index in [2.05, 4.69) is 0 Å². The SMILES string of the molecule is CCS(=O)(=O)[C@@](C)(Cl)[C@@H](O)C(C)(C)C. The van der Waals surface area contributed by atoms with E-state index in [0.29, 0.717) is 0 Å². The van der Waals surface area contributed by atoms with Gasteiger partial charge in [-0.1, -0.05) is 39.3 Å². The second kappa shape index (κ2) is 3.99. The summed E-state index contributed by atoms with van der Waals surface area (Å²) in [7, 11) is -3.46. The van der Waals surface area contributed by atoms with Gasteiger partial charge in [-0.05, 0) is 12.3 Å². The molecule has 0 aromatic rings. The first-order valence-corrected chi connectivity index (χ1v) is 6.59. The molecule has 0 aliphatic heterocycles. The molecule has 5 heteroatoms. The van der Waals surface area contributed by atoms with Crippen molar-refractivity contribution < 1.29 is 13.5 Å². The lowest BCUT2D eigenvalue weighted by Gasteiger charge is -2.36. The highest BCUT2D eigenvalue weighted by molar-refractivity contribution is 7.94. The molecular weight excluding hydrogens is 224 g/mol. The fraction of sp³-hybridized carbons (Fsp3) is 1.00. The summed E-state index contributed by atoms with van der Waals surface area (Å²) in [4.78, 5) is 0. The van der Waals surface area contributed by atoms with Crippen molar-refractivity contribution in [2.45, 2.75) is 44.9 Å². The van der Waals surface area contributed by atoms with Crippen LogP contribution < -0.4 is 0 Å². The number of aliphatic hydroxyl groups excluding tert-OH is 1.